The van der Waals surface area contributed by atoms with Crippen molar-refractivity contribution < 1.29 is 4.42 Å². The van der Waals surface area contributed by atoms with Gasteiger partial charge in [-0.25, -0.2) is 0 Å². The van der Waals surface area contributed by atoms with E-state index >= 15 is 0 Å². The van der Waals surface area contributed by atoms with Gasteiger partial charge in [0.05, 0.1) is 5.75 Å². The Morgan fingerprint density at radius 1 is 0.926 bits per heavy atom. The van der Waals surface area contributed by atoms with Crippen molar-refractivity contribution in [1.29, 1.82) is 0 Å². The number of nitrogens with zero attached hydrogens (tertiary/aromatic N) is 6. The number of rotatable bonds is 9. The molecule has 27 heavy (non-hydrogen) atoms. The van der Waals surface area contributed by atoms with Crippen LogP contribution < -0.4 is 4.90 Å². The van der Waals surface area contributed by atoms with Crippen LogP contribution in [0.3, 0.4) is 0 Å². The van der Waals surface area contributed by atoms with Gasteiger partial charge < -0.3 is 13.9 Å². The molecule has 3 rings (SSSR count). The largest absolute Gasteiger partial charge is 0.424 e. The van der Waals surface area contributed by atoms with Crippen LogP contribution in [0.1, 0.15) is 39.5 Å². The summed E-state index contributed by atoms with van der Waals surface area (Å²) in [5.41, 5.74) is 2.29. The van der Waals surface area contributed by atoms with Crippen molar-refractivity contribution in [3.8, 4) is 11.4 Å². The van der Waals surface area contributed by atoms with Gasteiger partial charge in [-0.15, -0.1) is 20.4 Å². The fourth-order valence-corrected chi connectivity index (χ4v) is 3.76. The van der Waals surface area contributed by atoms with Crippen LogP contribution in [0.5, 0.6) is 0 Å². The standard InChI is InChI=1S/C19H26N6OS/c1-5-16-20-21-17(26-16)13-27-19-23-22-18(25(19)8-4)14-9-11-15(12-10-14)24(6-2)7-3/h9-12H,5-8,13H2,1-4H3. The molecule has 0 unspecified atom stereocenters. The second kappa shape index (κ2) is 9.03. The monoisotopic (exact) mass is 386 g/mol. The Morgan fingerprint density at radius 2 is 1.63 bits per heavy atom. The summed E-state index contributed by atoms with van der Waals surface area (Å²) in [6.07, 6.45) is 0.746. The predicted octanol–water partition coefficient (Wildman–Crippen LogP) is 4.05. The van der Waals surface area contributed by atoms with Crippen molar-refractivity contribution in [2.45, 2.75) is 51.6 Å². The minimum absolute atomic E-state index is 0.589. The predicted molar refractivity (Wildman–Crippen MR) is 108 cm³/mol. The van der Waals surface area contributed by atoms with Crippen molar-refractivity contribution in [1.82, 2.24) is 25.0 Å². The van der Waals surface area contributed by atoms with Crippen LogP contribution in [0.4, 0.5) is 5.69 Å². The van der Waals surface area contributed by atoms with Crippen molar-refractivity contribution in [2.24, 2.45) is 0 Å². The smallest absolute Gasteiger partial charge is 0.226 e. The lowest BCUT2D eigenvalue weighted by molar-refractivity contribution is 0.469. The van der Waals surface area contributed by atoms with E-state index in [9.17, 15) is 0 Å². The van der Waals surface area contributed by atoms with Crippen molar-refractivity contribution in [3.05, 3.63) is 36.0 Å². The van der Waals surface area contributed by atoms with E-state index in [0.717, 1.165) is 42.6 Å². The van der Waals surface area contributed by atoms with E-state index in [-0.39, 0.29) is 0 Å². The summed E-state index contributed by atoms with van der Waals surface area (Å²) in [5, 5.41) is 17.7. The Balaban J connectivity index is 1.76. The Morgan fingerprint density at radius 3 is 2.22 bits per heavy atom. The molecule has 0 amide bonds. The summed E-state index contributed by atoms with van der Waals surface area (Å²) in [7, 11) is 0. The van der Waals surface area contributed by atoms with E-state index in [1.165, 1.54) is 5.69 Å². The Labute approximate surface area is 164 Å². The molecular formula is C19H26N6OS. The molecule has 0 aliphatic carbocycles. The maximum Gasteiger partial charge on any atom is 0.226 e. The molecule has 0 radical (unpaired) electrons. The molecule has 8 heteroatoms. The van der Waals surface area contributed by atoms with Gasteiger partial charge in [0.25, 0.3) is 0 Å². The number of anilines is 1. The molecule has 1 aromatic carbocycles. The molecule has 2 heterocycles. The number of hydrogen-bond acceptors (Lipinski definition) is 7. The molecule has 0 fully saturated rings. The zero-order valence-electron chi connectivity index (χ0n) is 16.3. The van der Waals surface area contributed by atoms with Gasteiger partial charge in [0.1, 0.15) is 0 Å². The average molecular weight is 387 g/mol. The van der Waals surface area contributed by atoms with Crippen molar-refractivity contribution in [3.63, 3.8) is 0 Å². The molecule has 0 N–H and O–H groups in total. The third kappa shape index (κ3) is 4.32. The maximum absolute atomic E-state index is 5.57. The number of thioether (sulfide) groups is 1. The van der Waals surface area contributed by atoms with Crippen LogP contribution in [0.25, 0.3) is 11.4 Å². The van der Waals surface area contributed by atoms with Crippen LogP contribution in [-0.2, 0) is 18.7 Å². The fourth-order valence-electron chi connectivity index (χ4n) is 2.92. The van der Waals surface area contributed by atoms with Crippen molar-refractivity contribution in [2.75, 3.05) is 18.0 Å². The van der Waals surface area contributed by atoms with E-state index < -0.39 is 0 Å². The first kappa shape index (κ1) is 19.4. The molecular weight excluding hydrogens is 360 g/mol. The van der Waals surface area contributed by atoms with E-state index in [4.69, 9.17) is 4.42 Å². The van der Waals surface area contributed by atoms with Gasteiger partial charge in [0, 0.05) is 37.3 Å². The molecule has 2 aromatic heterocycles. The second-order valence-corrected chi connectivity index (χ2v) is 6.94. The zero-order valence-corrected chi connectivity index (χ0v) is 17.2. The Bertz CT molecular complexity index is 853. The lowest BCUT2D eigenvalue weighted by Gasteiger charge is -2.21. The van der Waals surface area contributed by atoms with Gasteiger partial charge in [-0.05, 0) is 45.0 Å². The van der Waals surface area contributed by atoms with Crippen LogP contribution in [0.2, 0.25) is 0 Å². The number of aryl methyl sites for hydroxylation is 1. The summed E-state index contributed by atoms with van der Waals surface area (Å²) in [6.45, 7) is 11.2. The van der Waals surface area contributed by atoms with Crippen LogP contribution in [-0.4, -0.2) is 38.1 Å². The summed E-state index contributed by atoms with van der Waals surface area (Å²) in [6, 6.07) is 8.52. The first-order chi connectivity index (χ1) is 13.2. The Kier molecular flexibility index (Phi) is 6.49. The molecule has 0 atom stereocenters. The first-order valence-corrected chi connectivity index (χ1v) is 10.4. The third-order valence-corrected chi connectivity index (χ3v) is 5.37. The van der Waals surface area contributed by atoms with Gasteiger partial charge in [0.15, 0.2) is 11.0 Å². The van der Waals surface area contributed by atoms with Gasteiger partial charge >= 0.3 is 0 Å². The third-order valence-electron chi connectivity index (χ3n) is 4.42. The SMILES string of the molecule is CCc1nnc(CSc2nnc(-c3ccc(N(CC)CC)cc3)n2CC)o1. The Hall–Kier alpha value is -2.35. The molecule has 0 saturated carbocycles. The molecule has 0 aliphatic heterocycles. The molecule has 0 bridgehead atoms. The highest BCUT2D eigenvalue weighted by molar-refractivity contribution is 7.98. The zero-order chi connectivity index (χ0) is 19.2. The molecule has 3 aromatic rings. The quantitative estimate of drug-likeness (QED) is 0.514. The van der Waals surface area contributed by atoms with Crippen LogP contribution in [0.15, 0.2) is 33.8 Å². The number of aromatic nitrogens is 5. The molecule has 0 aliphatic rings. The minimum Gasteiger partial charge on any atom is -0.424 e. The molecule has 0 saturated heterocycles. The van der Waals surface area contributed by atoms with Gasteiger partial charge in [-0.1, -0.05) is 18.7 Å². The molecule has 7 nitrogen and oxygen atoms in total. The summed E-state index contributed by atoms with van der Waals surface area (Å²) < 4.78 is 7.69. The normalized spacial score (nSPS) is 11.1. The van der Waals surface area contributed by atoms with E-state index in [0.29, 0.717) is 17.5 Å². The first-order valence-electron chi connectivity index (χ1n) is 9.42. The highest BCUT2D eigenvalue weighted by Crippen LogP contribution is 2.27. The summed E-state index contributed by atoms with van der Waals surface area (Å²) >= 11 is 1.56. The maximum atomic E-state index is 5.57. The summed E-state index contributed by atoms with van der Waals surface area (Å²) in [4.78, 5) is 2.32. The molecule has 0 spiro atoms. The second-order valence-electron chi connectivity index (χ2n) is 6.00. The van der Waals surface area contributed by atoms with E-state index in [1.54, 1.807) is 11.8 Å². The van der Waals surface area contributed by atoms with Crippen LogP contribution >= 0.6 is 11.8 Å². The highest BCUT2D eigenvalue weighted by Gasteiger charge is 2.15. The highest BCUT2D eigenvalue weighted by atomic mass is 32.2. The van der Waals surface area contributed by atoms with Gasteiger partial charge in [-0.3, -0.25) is 0 Å². The minimum atomic E-state index is 0.589. The van der Waals surface area contributed by atoms with Crippen molar-refractivity contribution >= 4 is 17.4 Å². The number of hydrogen-bond donors (Lipinski definition) is 0. The molecule has 144 valence electrons. The van der Waals surface area contributed by atoms with E-state index in [2.05, 4.69) is 74.9 Å². The lowest BCUT2D eigenvalue weighted by Crippen LogP contribution is -2.21. The topological polar surface area (TPSA) is 72.9 Å². The number of benzene rings is 1. The fraction of sp³-hybridized carbons (Fsp3) is 0.474. The van der Waals surface area contributed by atoms with Crippen LogP contribution in [0, 0.1) is 0 Å². The van der Waals surface area contributed by atoms with Gasteiger partial charge in [-0.2, -0.15) is 0 Å². The van der Waals surface area contributed by atoms with Gasteiger partial charge in [0.2, 0.25) is 11.8 Å². The average Bonchev–Trinajstić information content (AvgIpc) is 3.34. The van der Waals surface area contributed by atoms with E-state index in [1.807, 2.05) is 6.92 Å². The lowest BCUT2D eigenvalue weighted by atomic mass is 10.2. The summed E-state index contributed by atoms with van der Waals surface area (Å²) in [5.74, 6) is 2.75.